The number of rotatable bonds is 3. The molecule has 1 aliphatic heterocycles. The Hall–Kier alpha value is -1.66. The Bertz CT molecular complexity index is 433. The number of halogens is 1. The van der Waals surface area contributed by atoms with E-state index in [2.05, 4.69) is 10.6 Å². The molecule has 0 spiro atoms. The molecule has 1 atom stereocenters. The summed E-state index contributed by atoms with van der Waals surface area (Å²) in [6.45, 7) is 1.66. The first-order valence-corrected chi connectivity index (χ1v) is 5.67. The Kier molecular flexibility index (Phi) is 4.11. The minimum absolute atomic E-state index is 0.302. The fourth-order valence-corrected chi connectivity index (χ4v) is 1.72. The highest BCUT2D eigenvalue weighted by molar-refractivity contribution is 5.95. The molecule has 1 unspecified atom stereocenters. The number of nitrogens with one attached hydrogen (secondary N) is 2. The molecule has 0 aliphatic carbocycles. The second kappa shape index (κ2) is 5.79. The number of benzene rings is 1. The molecule has 1 amide bonds. The van der Waals surface area contributed by atoms with Crippen molar-refractivity contribution in [2.45, 2.75) is 6.10 Å². The van der Waals surface area contributed by atoms with Gasteiger partial charge >= 0.3 is 0 Å². The molecule has 1 aliphatic rings. The van der Waals surface area contributed by atoms with E-state index in [1.54, 1.807) is 0 Å². The molecule has 0 aromatic heterocycles. The number of hydrogen-bond acceptors (Lipinski definition) is 4. The molecular formula is C12H15FN2O3. The van der Waals surface area contributed by atoms with Crippen LogP contribution < -0.4 is 15.4 Å². The van der Waals surface area contributed by atoms with E-state index in [4.69, 9.17) is 9.47 Å². The topological polar surface area (TPSA) is 59.6 Å². The van der Waals surface area contributed by atoms with Crippen molar-refractivity contribution in [3.63, 3.8) is 0 Å². The molecule has 1 aromatic rings. The number of anilines is 1. The SMILES string of the molecule is COc1ccc(F)cc1NC(=O)C1CNCCO1. The van der Waals surface area contributed by atoms with Gasteiger partial charge < -0.3 is 20.1 Å². The third-order valence-corrected chi connectivity index (χ3v) is 2.64. The second-order valence-electron chi connectivity index (χ2n) is 3.90. The molecule has 1 fully saturated rings. The van der Waals surface area contributed by atoms with Gasteiger partial charge in [0.25, 0.3) is 5.91 Å². The van der Waals surface area contributed by atoms with Crippen molar-refractivity contribution in [3.8, 4) is 5.75 Å². The van der Waals surface area contributed by atoms with Crippen molar-refractivity contribution >= 4 is 11.6 Å². The van der Waals surface area contributed by atoms with Gasteiger partial charge in [-0.15, -0.1) is 0 Å². The average molecular weight is 254 g/mol. The molecule has 1 saturated heterocycles. The van der Waals surface area contributed by atoms with Crippen molar-refractivity contribution in [3.05, 3.63) is 24.0 Å². The van der Waals surface area contributed by atoms with Crippen LogP contribution >= 0.6 is 0 Å². The Morgan fingerprint density at radius 3 is 3.11 bits per heavy atom. The van der Waals surface area contributed by atoms with Gasteiger partial charge in [-0.05, 0) is 12.1 Å². The van der Waals surface area contributed by atoms with Crippen molar-refractivity contribution < 1.29 is 18.7 Å². The number of amides is 1. The summed E-state index contributed by atoms with van der Waals surface area (Å²) in [6.07, 6.45) is -0.563. The lowest BCUT2D eigenvalue weighted by atomic mass is 10.2. The first kappa shape index (κ1) is 12.8. The molecule has 0 saturated carbocycles. The summed E-state index contributed by atoms with van der Waals surface area (Å²) in [6, 6.07) is 3.95. The van der Waals surface area contributed by atoms with Gasteiger partial charge in [-0.3, -0.25) is 4.79 Å². The van der Waals surface area contributed by atoms with Gasteiger partial charge in [0.2, 0.25) is 0 Å². The quantitative estimate of drug-likeness (QED) is 0.836. The van der Waals surface area contributed by atoms with Gasteiger partial charge in [0.05, 0.1) is 19.4 Å². The van der Waals surface area contributed by atoms with E-state index in [0.717, 1.165) is 6.54 Å². The molecule has 5 nitrogen and oxygen atoms in total. The molecule has 1 heterocycles. The number of carbonyl (C=O) groups is 1. The van der Waals surface area contributed by atoms with Crippen molar-refractivity contribution in [1.82, 2.24) is 5.32 Å². The van der Waals surface area contributed by atoms with Gasteiger partial charge in [0.15, 0.2) is 0 Å². The van der Waals surface area contributed by atoms with Crippen LogP contribution in [0.4, 0.5) is 10.1 Å². The fourth-order valence-electron chi connectivity index (χ4n) is 1.72. The highest BCUT2D eigenvalue weighted by atomic mass is 19.1. The van der Waals surface area contributed by atoms with E-state index in [1.807, 2.05) is 0 Å². The maximum atomic E-state index is 13.1. The minimum Gasteiger partial charge on any atom is -0.495 e. The standard InChI is InChI=1S/C12H15FN2O3/c1-17-10-3-2-8(13)6-9(10)15-12(16)11-7-14-4-5-18-11/h2-3,6,11,14H,4-5,7H2,1H3,(H,15,16). The summed E-state index contributed by atoms with van der Waals surface area (Å²) >= 11 is 0. The van der Waals surface area contributed by atoms with Crippen molar-refractivity contribution in [1.29, 1.82) is 0 Å². The second-order valence-corrected chi connectivity index (χ2v) is 3.90. The monoisotopic (exact) mass is 254 g/mol. The van der Waals surface area contributed by atoms with Crippen LogP contribution in [0.3, 0.4) is 0 Å². The number of carbonyl (C=O) groups excluding carboxylic acids is 1. The first-order chi connectivity index (χ1) is 8.70. The summed E-state index contributed by atoms with van der Waals surface area (Å²) in [4.78, 5) is 11.9. The normalized spacial score (nSPS) is 19.3. The van der Waals surface area contributed by atoms with Crippen LogP contribution in [-0.2, 0) is 9.53 Å². The van der Waals surface area contributed by atoms with Crippen LogP contribution in [0, 0.1) is 5.82 Å². The summed E-state index contributed by atoms with van der Waals surface area (Å²) in [7, 11) is 1.46. The van der Waals surface area contributed by atoms with Gasteiger partial charge in [0, 0.05) is 19.2 Å². The summed E-state index contributed by atoms with van der Waals surface area (Å²) in [5.74, 6) is -0.339. The molecule has 6 heteroatoms. The largest absolute Gasteiger partial charge is 0.495 e. The van der Waals surface area contributed by atoms with E-state index >= 15 is 0 Å². The lowest BCUT2D eigenvalue weighted by Crippen LogP contribution is -2.45. The zero-order valence-electron chi connectivity index (χ0n) is 10.0. The van der Waals surface area contributed by atoms with Crippen LogP contribution in [0.15, 0.2) is 18.2 Å². The van der Waals surface area contributed by atoms with Crippen LogP contribution in [0.5, 0.6) is 5.75 Å². The third kappa shape index (κ3) is 2.96. The molecule has 98 valence electrons. The van der Waals surface area contributed by atoms with E-state index < -0.39 is 11.9 Å². The summed E-state index contributed by atoms with van der Waals surface area (Å²) in [5, 5.41) is 5.65. The van der Waals surface area contributed by atoms with Gasteiger partial charge in [-0.25, -0.2) is 4.39 Å². The highest BCUT2D eigenvalue weighted by Gasteiger charge is 2.22. The van der Waals surface area contributed by atoms with E-state index in [1.165, 1.54) is 25.3 Å². The average Bonchev–Trinajstić information content (AvgIpc) is 2.40. The number of morpholine rings is 1. The highest BCUT2D eigenvalue weighted by Crippen LogP contribution is 2.25. The van der Waals surface area contributed by atoms with Gasteiger partial charge in [-0.1, -0.05) is 0 Å². The lowest BCUT2D eigenvalue weighted by molar-refractivity contribution is -0.128. The Morgan fingerprint density at radius 1 is 1.61 bits per heavy atom. The van der Waals surface area contributed by atoms with E-state index in [0.29, 0.717) is 24.6 Å². The molecule has 2 N–H and O–H groups in total. The number of hydrogen-bond donors (Lipinski definition) is 2. The molecular weight excluding hydrogens is 239 g/mol. The maximum absolute atomic E-state index is 13.1. The Morgan fingerprint density at radius 2 is 2.44 bits per heavy atom. The third-order valence-electron chi connectivity index (χ3n) is 2.64. The van der Waals surface area contributed by atoms with Crippen LogP contribution in [0.1, 0.15) is 0 Å². The molecule has 18 heavy (non-hydrogen) atoms. The zero-order valence-corrected chi connectivity index (χ0v) is 10.0. The number of methoxy groups -OCH3 is 1. The van der Waals surface area contributed by atoms with Gasteiger partial charge in [0.1, 0.15) is 17.7 Å². The molecule has 2 rings (SSSR count). The summed E-state index contributed by atoms with van der Waals surface area (Å²) in [5.41, 5.74) is 0.302. The maximum Gasteiger partial charge on any atom is 0.254 e. The fraction of sp³-hybridized carbons (Fsp3) is 0.417. The molecule has 1 aromatic carbocycles. The van der Waals surface area contributed by atoms with Crippen molar-refractivity contribution in [2.75, 3.05) is 32.1 Å². The van der Waals surface area contributed by atoms with Gasteiger partial charge in [-0.2, -0.15) is 0 Å². The zero-order chi connectivity index (χ0) is 13.0. The predicted octanol–water partition coefficient (Wildman–Crippen LogP) is 0.761. The van der Waals surface area contributed by atoms with Crippen LogP contribution in [-0.4, -0.2) is 38.8 Å². The van der Waals surface area contributed by atoms with Crippen LogP contribution in [0.2, 0.25) is 0 Å². The lowest BCUT2D eigenvalue weighted by Gasteiger charge is -2.23. The Labute approximate surface area is 104 Å². The molecule has 0 radical (unpaired) electrons. The number of ether oxygens (including phenoxy) is 2. The summed E-state index contributed by atoms with van der Waals surface area (Å²) < 4.78 is 23.5. The van der Waals surface area contributed by atoms with Crippen molar-refractivity contribution in [2.24, 2.45) is 0 Å². The minimum atomic E-state index is -0.563. The van der Waals surface area contributed by atoms with Crippen LogP contribution in [0.25, 0.3) is 0 Å². The Balaban J connectivity index is 2.07. The smallest absolute Gasteiger partial charge is 0.254 e. The predicted molar refractivity (Wildman–Crippen MR) is 64.2 cm³/mol. The molecule has 0 bridgehead atoms. The first-order valence-electron chi connectivity index (χ1n) is 5.67. The van der Waals surface area contributed by atoms with E-state index in [-0.39, 0.29) is 5.91 Å². The van der Waals surface area contributed by atoms with E-state index in [9.17, 15) is 9.18 Å².